The molecule has 0 spiro atoms. The summed E-state index contributed by atoms with van der Waals surface area (Å²) in [7, 11) is 0. The van der Waals surface area contributed by atoms with E-state index < -0.39 is 53.8 Å². The molecule has 0 aliphatic carbocycles. The van der Waals surface area contributed by atoms with E-state index in [1.54, 1.807) is 0 Å². The minimum Gasteiger partial charge on any atom is -0.482 e. The van der Waals surface area contributed by atoms with Crippen LogP contribution in [-0.2, 0) is 4.74 Å². The Morgan fingerprint density at radius 2 is 1.76 bits per heavy atom. The highest BCUT2D eigenvalue weighted by Crippen LogP contribution is 2.24. The van der Waals surface area contributed by atoms with Crippen molar-refractivity contribution in [2.75, 3.05) is 18.5 Å². The fourth-order valence-corrected chi connectivity index (χ4v) is 2.96. The fourth-order valence-electron chi connectivity index (χ4n) is 2.96. The lowest BCUT2D eigenvalue weighted by Crippen LogP contribution is -2.32. The van der Waals surface area contributed by atoms with E-state index in [1.165, 1.54) is 37.3 Å². The largest absolute Gasteiger partial charge is 0.482 e. The zero-order valence-electron chi connectivity index (χ0n) is 18.9. The number of halogens is 5. The lowest BCUT2D eigenvalue weighted by atomic mass is 10.2. The van der Waals surface area contributed by atoms with Crippen molar-refractivity contribution in [3.63, 3.8) is 0 Å². The second-order valence-electron chi connectivity index (χ2n) is 7.11. The number of anilines is 1. The molecule has 0 unspecified atom stereocenters. The molecular formula is C23H18F5N3O6. The third-order valence-electron chi connectivity index (χ3n) is 4.46. The topological polar surface area (TPSA) is 109 Å². The first kappa shape index (κ1) is 27.1. The van der Waals surface area contributed by atoms with Crippen molar-refractivity contribution in [3.05, 3.63) is 76.2 Å². The van der Waals surface area contributed by atoms with E-state index in [4.69, 9.17) is 9.47 Å². The molecule has 3 rings (SSSR count). The molecule has 0 aliphatic heterocycles. The van der Waals surface area contributed by atoms with E-state index >= 15 is 0 Å². The fraction of sp³-hybridized carbons (Fsp3) is 0.217. The predicted molar refractivity (Wildman–Crippen MR) is 118 cm³/mol. The van der Waals surface area contributed by atoms with Gasteiger partial charge in [-0.2, -0.15) is 31.7 Å². The van der Waals surface area contributed by atoms with E-state index in [0.29, 0.717) is 4.68 Å². The molecule has 0 saturated carbocycles. The van der Waals surface area contributed by atoms with E-state index in [2.05, 4.69) is 15.2 Å². The summed E-state index contributed by atoms with van der Waals surface area (Å²) in [5.41, 5.74) is -2.38. The molecule has 2 aromatic carbocycles. The van der Waals surface area contributed by atoms with Gasteiger partial charge in [0.15, 0.2) is 12.3 Å². The van der Waals surface area contributed by atoms with Crippen molar-refractivity contribution in [1.82, 2.24) is 9.78 Å². The van der Waals surface area contributed by atoms with Gasteiger partial charge in [0.25, 0.3) is 11.5 Å². The molecule has 0 bridgehead atoms. The third kappa shape index (κ3) is 7.25. The maximum atomic E-state index is 13.2. The summed E-state index contributed by atoms with van der Waals surface area (Å²) in [6.45, 7) is -3.29. The quantitative estimate of drug-likeness (QED) is 0.328. The number of ether oxygens (including phenoxy) is 3. The van der Waals surface area contributed by atoms with E-state index in [-0.39, 0.29) is 23.7 Å². The Bertz CT molecular complexity index is 1330. The van der Waals surface area contributed by atoms with Crippen LogP contribution in [0, 0.1) is 0 Å². The van der Waals surface area contributed by atoms with Crippen LogP contribution in [0.25, 0.3) is 5.69 Å². The Labute approximate surface area is 205 Å². The zero-order valence-corrected chi connectivity index (χ0v) is 18.9. The molecule has 3 aromatic rings. The van der Waals surface area contributed by atoms with E-state index in [1.807, 2.05) is 0 Å². The molecule has 0 fully saturated rings. The second kappa shape index (κ2) is 11.5. The smallest absolute Gasteiger partial charge is 0.422 e. The Morgan fingerprint density at radius 1 is 1.08 bits per heavy atom. The Kier molecular flexibility index (Phi) is 8.42. The lowest BCUT2D eigenvalue weighted by molar-refractivity contribution is -0.153. The summed E-state index contributed by atoms with van der Waals surface area (Å²) >= 11 is 0. The average Bonchev–Trinajstić information content (AvgIpc) is 2.83. The molecule has 0 radical (unpaired) electrons. The molecule has 1 aromatic heterocycles. The molecular weight excluding hydrogens is 509 g/mol. The number of aromatic nitrogens is 2. The highest BCUT2D eigenvalue weighted by Gasteiger charge is 2.29. The second-order valence-corrected chi connectivity index (χ2v) is 7.11. The monoisotopic (exact) mass is 527 g/mol. The number of nitrogens with zero attached hydrogens (tertiary/aromatic N) is 2. The van der Waals surface area contributed by atoms with Crippen LogP contribution < -0.4 is 20.3 Å². The molecule has 196 valence electrons. The van der Waals surface area contributed by atoms with Gasteiger partial charge in [-0.3, -0.25) is 9.59 Å². The molecule has 37 heavy (non-hydrogen) atoms. The van der Waals surface area contributed by atoms with Gasteiger partial charge in [-0.15, -0.1) is 0 Å². The average molecular weight is 527 g/mol. The van der Waals surface area contributed by atoms with Crippen LogP contribution in [-0.4, -0.2) is 47.7 Å². The van der Waals surface area contributed by atoms with Crippen LogP contribution in [0.3, 0.4) is 0 Å². The summed E-state index contributed by atoms with van der Waals surface area (Å²) in [4.78, 5) is 38.4. The van der Waals surface area contributed by atoms with Crippen molar-refractivity contribution >= 4 is 17.6 Å². The number of alkyl halides is 5. The highest BCUT2D eigenvalue weighted by molar-refractivity contribution is 6.05. The van der Waals surface area contributed by atoms with Crippen molar-refractivity contribution in [1.29, 1.82) is 0 Å². The van der Waals surface area contributed by atoms with Gasteiger partial charge >= 0.3 is 18.8 Å². The number of carbonyl (C=O) groups excluding carboxylic acids is 2. The number of rotatable bonds is 9. The van der Waals surface area contributed by atoms with Gasteiger partial charge in [0.1, 0.15) is 22.7 Å². The van der Waals surface area contributed by atoms with Gasteiger partial charge in [-0.05, 0) is 49.4 Å². The first-order chi connectivity index (χ1) is 17.5. The Morgan fingerprint density at radius 3 is 2.38 bits per heavy atom. The molecule has 1 heterocycles. The number of amides is 1. The maximum absolute atomic E-state index is 13.2. The summed E-state index contributed by atoms with van der Waals surface area (Å²) < 4.78 is 77.2. The number of nitrogens with one attached hydrogen (secondary N) is 1. The molecule has 0 saturated heterocycles. The van der Waals surface area contributed by atoms with Gasteiger partial charge in [0.05, 0.1) is 6.61 Å². The van der Waals surface area contributed by atoms with Crippen molar-refractivity contribution in [2.45, 2.75) is 19.7 Å². The number of esters is 1. The summed E-state index contributed by atoms with van der Waals surface area (Å²) in [6, 6.07) is 10.7. The molecule has 0 aliphatic rings. The van der Waals surface area contributed by atoms with Gasteiger partial charge in [0, 0.05) is 5.69 Å². The van der Waals surface area contributed by atoms with E-state index in [0.717, 1.165) is 24.3 Å². The summed E-state index contributed by atoms with van der Waals surface area (Å²) in [6.07, 6.45) is -4.68. The van der Waals surface area contributed by atoms with Crippen LogP contribution in [0.2, 0.25) is 0 Å². The summed E-state index contributed by atoms with van der Waals surface area (Å²) in [5, 5.41) is 6.22. The molecule has 1 N–H and O–H groups in total. The molecule has 9 nitrogen and oxygen atoms in total. The molecule has 14 heteroatoms. The normalized spacial score (nSPS) is 11.2. The molecule has 1 amide bonds. The number of hydrogen-bond acceptors (Lipinski definition) is 7. The third-order valence-corrected chi connectivity index (χ3v) is 4.46. The number of hydrogen-bond donors (Lipinski definition) is 1. The van der Waals surface area contributed by atoms with Crippen molar-refractivity contribution < 1.29 is 45.8 Å². The van der Waals surface area contributed by atoms with Crippen molar-refractivity contribution in [2.24, 2.45) is 0 Å². The first-order valence-corrected chi connectivity index (χ1v) is 10.4. The first-order valence-electron chi connectivity index (χ1n) is 10.4. The van der Waals surface area contributed by atoms with Crippen LogP contribution in [0.15, 0.2) is 59.4 Å². The maximum Gasteiger partial charge on any atom is 0.422 e. The summed E-state index contributed by atoms with van der Waals surface area (Å²) in [5.74, 6) is -2.61. The zero-order chi connectivity index (χ0) is 27.2. The van der Waals surface area contributed by atoms with E-state index in [9.17, 15) is 36.3 Å². The van der Waals surface area contributed by atoms with Crippen LogP contribution >= 0.6 is 0 Å². The lowest BCUT2D eigenvalue weighted by Gasteiger charge is -2.15. The van der Waals surface area contributed by atoms with Crippen molar-refractivity contribution in [3.8, 4) is 17.2 Å². The van der Waals surface area contributed by atoms with Gasteiger partial charge in [-0.25, -0.2) is 4.79 Å². The molecule has 0 atom stereocenters. The number of carbonyl (C=O) groups is 2. The number of para-hydroxylation sites is 2. The standard InChI is InChI=1S/C23H18F5N3O6/c1-2-35-21(34)16-11-15(19(32)29-13-7-9-14(10-8-13)37-22(24)25)20(33)31(30-16)17-5-3-4-6-18(17)36-12-23(26,27)28/h3-11,22H,2,12H2,1H3,(H,29,32). The Hall–Kier alpha value is -4.49. The highest BCUT2D eigenvalue weighted by atomic mass is 19.4. The van der Waals surface area contributed by atoms with Gasteiger partial charge < -0.3 is 19.5 Å². The minimum atomic E-state index is -4.68. The van der Waals surface area contributed by atoms with Crippen LogP contribution in [0.4, 0.5) is 27.6 Å². The number of benzene rings is 2. The predicted octanol–water partition coefficient (Wildman–Crippen LogP) is 4.20. The SMILES string of the molecule is CCOC(=O)c1cc(C(=O)Nc2ccc(OC(F)F)cc2)c(=O)n(-c2ccccc2OCC(F)(F)F)n1. The van der Waals surface area contributed by atoms with Gasteiger partial charge in [0.2, 0.25) is 0 Å². The van der Waals surface area contributed by atoms with Crippen LogP contribution in [0.1, 0.15) is 27.8 Å². The van der Waals surface area contributed by atoms with Crippen LogP contribution in [0.5, 0.6) is 11.5 Å². The van der Waals surface area contributed by atoms with Gasteiger partial charge in [-0.1, -0.05) is 12.1 Å². The minimum absolute atomic E-state index is 0.0700. The Balaban J connectivity index is 2.03.